The van der Waals surface area contributed by atoms with Crippen LogP contribution in [-0.2, 0) is 9.59 Å². The van der Waals surface area contributed by atoms with E-state index >= 15 is 0 Å². The van der Waals surface area contributed by atoms with E-state index in [9.17, 15) is 27.6 Å². The van der Waals surface area contributed by atoms with Crippen LogP contribution < -0.4 is 16.0 Å². The first-order chi connectivity index (χ1) is 18.1. The summed E-state index contributed by atoms with van der Waals surface area (Å²) in [5, 5.41) is 9.21. The minimum Gasteiger partial charge on any atom is -0.382 e. The van der Waals surface area contributed by atoms with Gasteiger partial charge in [-0.1, -0.05) is 18.2 Å². The molecule has 2 aliphatic heterocycles. The zero-order valence-corrected chi connectivity index (χ0v) is 20.3. The number of hydrogen-bond donors (Lipinski definition) is 3. The largest absolute Gasteiger partial charge is 0.405 e. The van der Waals surface area contributed by atoms with Gasteiger partial charge in [-0.2, -0.15) is 18.3 Å². The number of nitrogens with two attached hydrogens (primary N) is 1. The molecule has 38 heavy (non-hydrogen) atoms. The molecule has 3 amide bonds. The summed E-state index contributed by atoms with van der Waals surface area (Å²) in [6, 6.07) is 14.3. The summed E-state index contributed by atoms with van der Waals surface area (Å²) in [4.78, 5) is 44.0. The van der Waals surface area contributed by atoms with E-state index < -0.39 is 30.7 Å². The third-order valence-corrected chi connectivity index (χ3v) is 7.12. The molecule has 0 aliphatic carbocycles. The van der Waals surface area contributed by atoms with Crippen LogP contribution in [0.4, 0.5) is 24.7 Å². The number of anilines is 2. The highest BCUT2D eigenvalue weighted by atomic mass is 19.4. The van der Waals surface area contributed by atoms with Gasteiger partial charge in [-0.25, -0.2) is 0 Å². The summed E-state index contributed by atoms with van der Waals surface area (Å²) < 4.78 is 37.6. The minimum absolute atomic E-state index is 0.0483. The highest BCUT2D eigenvalue weighted by molar-refractivity contribution is 6.01. The van der Waals surface area contributed by atoms with E-state index in [1.807, 2.05) is 40.5 Å². The number of carbonyl (C=O) groups is 3. The van der Waals surface area contributed by atoms with E-state index in [1.165, 1.54) is 4.90 Å². The van der Waals surface area contributed by atoms with E-state index in [0.29, 0.717) is 35.1 Å². The summed E-state index contributed by atoms with van der Waals surface area (Å²) in [6.45, 7) is -1.35. The van der Waals surface area contributed by atoms with Gasteiger partial charge in [-0.15, -0.1) is 0 Å². The molecule has 2 saturated heterocycles. The number of piperidine rings is 1. The Morgan fingerprint density at radius 2 is 1.82 bits per heavy atom. The van der Waals surface area contributed by atoms with Crippen molar-refractivity contribution < 1.29 is 27.6 Å². The third-order valence-electron chi connectivity index (χ3n) is 7.12. The number of amides is 3. The van der Waals surface area contributed by atoms with Gasteiger partial charge in [0.25, 0.3) is 11.8 Å². The van der Waals surface area contributed by atoms with Crippen molar-refractivity contribution in [3.8, 4) is 0 Å². The van der Waals surface area contributed by atoms with Gasteiger partial charge in [-0.05, 0) is 43.2 Å². The fraction of sp³-hybridized carbons (Fsp3) is 0.360. The molecule has 2 aromatic carbocycles. The van der Waals surface area contributed by atoms with Crippen LogP contribution in [0, 0.1) is 0 Å². The third kappa shape index (κ3) is 4.71. The van der Waals surface area contributed by atoms with Gasteiger partial charge in [0.1, 0.15) is 18.6 Å². The number of nitrogen functional groups attached to an aromatic ring is 1. The van der Waals surface area contributed by atoms with Crippen LogP contribution in [0.2, 0.25) is 0 Å². The topological polar surface area (TPSA) is 128 Å². The number of nitrogens with zero attached hydrogens (tertiary/aromatic N) is 4. The standard InChI is InChI=1S/C25H26F3N7O3/c26-25(27,28)14-30-20(36)13-34-15-35(17-4-2-1-3-5-17)24(23(34)38)8-10-33(11-9-24)22(37)16-6-7-19-18(12-16)21(29)32-31-19/h1-7,12H,8-11,13-15H2,(H,30,36)(H3,29,31,32). The number of H-pyrrole nitrogens is 1. The number of nitrogens with one attached hydrogen (secondary N) is 2. The van der Waals surface area contributed by atoms with Crippen molar-refractivity contribution in [2.45, 2.75) is 24.6 Å². The number of hydrogen-bond acceptors (Lipinski definition) is 6. The molecule has 5 rings (SSSR count). The Hall–Kier alpha value is -4.29. The summed E-state index contributed by atoms with van der Waals surface area (Å²) >= 11 is 0. The molecule has 10 nitrogen and oxygen atoms in total. The second-order valence-corrected chi connectivity index (χ2v) is 9.49. The molecular formula is C25H26F3N7O3. The van der Waals surface area contributed by atoms with Gasteiger partial charge in [0.15, 0.2) is 5.82 Å². The van der Waals surface area contributed by atoms with Crippen molar-refractivity contribution in [2.75, 3.05) is 43.5 Å². The average molecular weight is 530 g/mol. The summed E-state index contributed by atoms with van der Waals surface area (Å²) in [5.41, 5.74) is 6.76. The number of halogens is 3. The van der Waals surface area contributed by atoms with E-state index in [2.05, 4.69) is 10.2 Å². The Labute approximate surface area is 215 Å². The van der Waals surface area contributed by atoms with Gasteiger partial charge in [0.2, 0.25) is 5.91 Å². The fourth-order valence-corrected chi connectivity index (χ4v) is 5.18. The number of para-hydroxylation sites is 1. The smallest absolute Gasteiger partial charge is 0.382 e. The number of alkyl halides is 3. The van der Waals surface area contributed by atoms with Gasteiger partial charge in [0, 0.05) is 29.7 Å². The number of aromatic nitrogens is 2. The Balaban J connectivity index is 1.34. The molecule has 200 valence electrons. The minimum atomic E-state index is -4.55. The second-order valence-electron chi connectivity index (χ2n) is 9.49. The molecule has 13 heteroatoms. The highest BCUT2D eigenvalue weighted by Crippen LogP contribution is 2.39. The van der Waals surface area contributed by atoms with Crippen molar-refractivity contribution >= 4 is 40.1 Å². The highest BCUT2D eigenvalue weighted by Gasteiger charge is 2.54. The van der Waals surface area contributed by atoms with Crippen molar-refractivity contribution in [3.05, 3.63) is 54.1 Å². The van der Waals surface area contributed by atoms with Crippen LogP contribution in [0.5, 0.6) is 0 Å². The Kier molecular flexibility index (Phi) is 6.37. The first kappa shape index (κ1) is 25.4. The van der Waals surface area contributed by atoms with E-state index in [0.717, 1.165) is 5.69 Å². The van der Waals surface area contributed by atoms with Gasteiger partial charge in [0.05, 0.1) is 12.2 Å². The number of carbonyl (C=O) groups excluding carboxylic acids is 3. The number of fused-ring (bicyclic) bond motifs is 1. The average Bonchev–Trinajstić information content (AvgIpc) is 3.40. The number of benzene rings is 2. The Morgan fingerprint density at radius 1 is 1.11 bits per heavy atom. The number of aromatic amines is 1. The molecule has 2 aliphatic rings. The maximum atomic E-state index is 13.7. The SMILES string of the molecule is Nc1n[nH]c2ccc(C(=O)N3CCC4(CC3)C(=O)N(CC(=O)NCC(F)(F)F)CN4c3ccccc3)cc12. The molecular weight excluding hydrogens is 503 g/mol. The lowest BCUT2D eigenvalue weighted by Crippen LogP contribution is -2.57. The molecule has 0 saturated carbocycles. The molecule has 1 aromatic heterocycles. The number of likely N-dealkylation sites (tertiary alicyclic amines) is 1. The molecule has 0 bridgehead atoms. The lowest BCUT2D eigenvalue weighted by atomic mass is 9.85. The van der Waals surface area contributed by atoms with E-state index in [4.69, 9.17) is 5.73 Å². The first-order valence-electron chi connectivity index (χ1n) is 12.1. The van der Waals surface area contributed by atoms with Crippen molar-refractivity contribution in [2.24, 2.45) is 0 Å². The predicted octanol–water partition coefficient (Wildman–Crippen LogP) is 2.10. The molecule has 4 N–H and O–H groups in total. The van der Waals surface area contributed by atoms with E-state index in [-0.39, 0.29) is 31.6 Å². The van der Waals surface area contributed by atoms with Gasteiger partial charge in [-0.3, -0.25) is 19.5 Å². The molecule has 1 spiro atoms. The molecule has 0 atom stereocenters. The maximum absolute atomic E-state index is 13.7. The molecule has 3 aromatic rings. The Morgan fingerprint density at radius 3 is 2.50 bits per heavy atom. The van der Waals surface area contributed by atoms with Gasteiger partial charge >= 0.3 is 6.18 Å². The first-order valence-corrected chi connectivity index (χ1v) is 12.1. The zero-order chi connectivity index (χ0) is 27.1. The normalized spacial score (nSPS) is 17.4. The predicted molar refractivity (Wildman–Crippen MR) is 133 cm³/mol. The zero-order valence-electron chi connectivity index (χ0n) is 20.3. The summed E-state index contributed by atoms with van der Waals surface area (Å²) in [7, 11) is 0. The van der Waals surface area contributed by atoms with Crippen molar-refractivity contribution in [1.82, 2.24) is 25.3 Å². The van der Waals surface area contributed by atoms with Crippen molar-refractivity contribution in [1.29, 1.82) is 0 Å². The van der Waals surface area contributed by atoms with Crippen molar-refractivity contribution in [3.63, 3.8) is 0 Å². The van der Waals surface area contributed by atoms with Gasteiger partial charge < -0.3 is 25.8 Å². The quantitative estimate of drug-likeness (QED) is 0.465. The monoisotopic (exact) mass is 529 g/mol. The lowest BCUT2D eigenvalue weighted by Gasteiger charge is -2.43. The summed E-state index contributed by atoms with van der Waals surface area (Å²) in [6.07, 6.45) is -3.96. The van der Waals surface area contributed by atoms with Crippen LogP contribution in [-0.4, -0.2) is 82.3 Å². The van der Waals surface area contributed by atoms with Crippen LogP contribution in [0.1, 0.15) is 23.2 Å². The van der Waals surface area contributed by atoms with Crippen LogP contribution >= 0.6 is 0 Å². The second kappa shape index (κ2) is 9.54. The maximum Gasteiger partial charge on any atom is 0.405 e. The molecule has 0 unspecified atom stereocenters. The van der Waals surface area contributed by atoms with Crippen LogP contribution in [0.15, 0.2) is 48.5 Å². The van der Waals surface area contributed by atoms with E-state index in [1.54, 1.807) is 23.1 Å². The molecule has 0 radical (unpaired) electrons. The Bertz CT molecular complexity index is 1370. The molecule has 2 fully saturated rings. The number of rotatable bonds is 5. The van der Waals surface area contributed by atoms with Crippen LogP contribution in [0.3, 0.4) is 0 Å². The fourth-order valence-electron chi connectivity index (χ4n) is 5.18. The molecule has 3 heterocycles. The lowest BCUT2D eigenvalue weighted by molar-refractivity contribution is -0.142. The summed E-state index contributed by atoms with van der Waals surface area (Å²) in [5.74, 6) is -1.14. The van der Waals surface area contributed by atoms with Crippen LogP contribution in [0.25, 0.3) is 10.9 Å².